The number of nitrogens with one attached hydrogen (secondary N) is 1. The van der Waals surface area contributed by atoms with Gasteiger partial charge in [0.2, 0.25) is 0 Å². The Morgan fingerprint density at radius 1 is 1.53 bits per heavy atom. The average molecular weight is 253 g/mol. The van der Waals surface area contributed by atoms with Crippen molar-refractivity contribution in [2.24, 2.45) is 0 Å². The first-order valence-electron chi connectivity index (χ1n) is 6.59. The van der Waals surface area contributed by atoms with Gasteiger partial charge in [0.1, 0.15) is 5.01 Å². The van der Waals surface area contributed by atoms with Crippen LogP contribution in [0.2, 0.25) is 0 Å². The Labute approximate surface area is 108 Å². The highest BCUT2D eigenvalue weighted by Crippen LogP contribution is 2.20. The molecule has 0 bridgehead atoms. The zero-order valence-electron chi connectivity index (χ0n) is 11.1. The number of hydrogen-bond acceptors (Lipinski definition) is 4. The standard InChI is InChI=1S/C13H23N3S/c1-4-16(10(2)3)8-12-9-17-13(15-12)7-14-11-5-6-11/h9-11,14H,4-8H2,1-3H3. The molecule has 3 nitrogen and oxygen atoms in total. The van der Waals surface area contributed by atoms with E-state index in [1.54, 1.807) is 11.3 Å². The van der Waals surface area contributed by atoms with Gasteiger partial charge in [-0.1, -0.05) is 6.92 Å². The van der Waals surface area contributed by atoms with Gasteiger partial charge in [-0.15, -0.1) is 11.3 Å². The van der Waals surface area contributed by atoms with Crippen LogP contribution in [0.3, 0.4) is 0 Å². The molecule has 1 fully saturated rings. The largest absolute Gasteiger partial charge is 0.308 e. The highest BCUT2D eigenvalue weighted by molar-refractivity contribution is 7.09. The van der Waals surface area contributed by atoms with Gasteiger partial charge in [-0.25, -0.2) is 4.98 Å². The third kappa shape index (κ3) is 4.05. The Morgan fingerprint density at radius 3 is 2.88 bits per heavy atom. The molecule has 0 unspecified atom stereocenters. The zero-order valence-corrected chi connectivity index (χ0v) is 11.9. The van der Waals surface area contributed by atoms with E-state index in [1.165, 1.54) is 23.5 Å². The summed E-state index contributed by atoms with van der Waals surface area (Å²) in [5.74, 6) is 0. The summed E-state index contributed by atoms with van der Waals surface area (Å²) in [6.45, 7) is 9.71. The summed E-state index contributed by atoms with van der Waals surface area (Å²) in [4.78, 5) is 7.13. The van der Waals surface area contributed by atoms with Gasteiger partial charge < -0.3 is 5.32 Å². The van der Waals surface area contributed by atoms with Crippen molar-refractivity contribution >= 4 is 11.3 Å². The Balaban J connectivity index is 1.83. The van der Waals surface area contributed by atoms with Crippen molar-refractivity contribution in [3.63, 3.8) is 0 Å². The Bertz CT molecular complexity index is 344. The molecule has 0 radical (unpaired) electrons. The van der Waals surface area contributed by atoms with Gasteiger partial charge >= 0.3 is 0 Å². The van der Waals surface area contributed by atoms with Gasteiger partial charge in [-0.3, -0.25) is 4.90 Å². The molecule has 0 spiro atoms. The predicted molar refractivity (Wildman–Crippen MR) is 73.2 cm³/mol. The molecule has 0 amide bonds. The van der Waals surface area contributed by atoms with Crippen LogP contribution in [0.1, 0.15) is 44.3 Å². The minimum Gasteiger partial charge on any atom is -0.308 e. The molecular formula is C13H23N3S. The average Bonchev–Trinajstić information content (AvgIpc) is 3.03. The normalized spacial score (nSPS) is 16.1. The van der Waals surface area contributed by atoms with E-state index < -0.39 is 0 Å². The quantitative estimate of drug-likeness (QED) is 0.809. The SMILES string of the molecule is CCN(Cc1csc(CNC2CC2)n1)C(C)C. The molecule has 0 aliphatic heterocycles. The first-order chi connectivity index (χ1) is 8.19. The van der Waals surface area contributed by atoms with Crippen LogP contribution in [0.5, 0.6) is 0 Å². The van der Waals surface area contributed by atoms with E-state index in [4.69, 9.17) is 4.98 Å². The lowest BCUT2D eigenvalue weighted by Crippen LogP contribution is -2.30. The third-order valence-corrected chi connectivity index (χ3v) is 4.12. The number of nitrogens with zero attached hydrogens (tertiary/aromatic N) is 2. The molecule has 1 aromatic rings. The molecule has 1 aliphatic carbocycles. The monoisotopic (exact) mass is 253 g/mol. The maximum atomic E-state index is 4.69. The second-order valence-corrected chi connectivity index (χ2v) is 5.99. The van der Waals surface area contributed by atoms with E-state index in [2.05, 4.69) is 36.4 Å². The van der Waals surface area contributed by atoms with Crippen LogP contribution in [-0.2, 0) is 13.1 Å². The van der Waals surface area contributed by atoms with Crippen molar-refractivity contribution in [3.8, 4) is 0 Å². The zero-order chi connectivity index (χ0) is 12.3. The first-order valence-corrected chi connectivity index (χ1v) is 7.47. The van der Waals surface area contributed by atoms with Crippen molar-refractivity contribution in [1.82, 2.24) is 15.2 Å². The van der Waals surface area contributed by atoms with E-state index in [1.807, 2.05) is 0 Å². The Kier molecular flexibility index (Phi) is 4.54. The Morgan fingerprint density at radius 2 is 2.29 bits per heavy atom. The molecule has 1 N–H and O–H groups in total. The van der Waals surface area contributed by atoms with Gasteiger partial charge in [0.25, 0.3) is 0 Å². The third-order valence-electron chi connectivity index (χ3n) is 3.22. The summed E-state index contributed by atoms with van der Waals surface area (Å²) in [6.07, 6.45) is 2.68. The van der Waals surface area contributed by atoms with Crippen LogP contribution in [0.15, 0.2) is 5.38 Å². The second kappa shape index (κ2) is 5.94. The van der Waals surface area contributed by atoms with Gasteiger partial charge in [0.05, 0.1) is 5.69 Å². The molecule has 96 valence electrons. The minimum atomic E-state index is 0.592. The van der Waals surface area contributed by atoms with Crippen LogP contribution in [0, 0.1) is 0 Å². The van der Waals surface area contributed by atoms with Crippen molar-refractivity contribution in [1.29, 1.82) is 0 Å². The molecule has 1 aliphatic rings. The fraction of sp³-hybridized carbons (Fsp3) is 0.769. The van der Waals surface area contributed by atoms with Crippen LogP contribution in [0.4, 0.5) is 0 Å². The lowest BCUT2D eigenvalue weighted by Gasteiger charge is -2.23. The molecule has 17 heavy (non-hydrogen) atoms. The van der Waals surface area contributed by atoms with Crippen LogP contribution >= 0.6 is 11.3 Å². The number of aromatic nitrogens is 1. The lowest BCUT2D eigenvalue weighted by atomic mass is 10.3. The van der Waals surface area contributed by atoms with E-state index in [9.17, 15) is 0 Å². The minimum absolute atomic E-state index is 0.592. The van der Waals surface area contributed by atoms with Crippen molar-refractivity contribution < 1.29 is 0 Å². The summed E-state index contributed by atoms with van der Waals surface area (Å²) >= 11 is 1.78. The first kappa shape index (κ1) is 13.0. The summed E-state index contributed by atoms with van der Waals surface area (Å²) in [7, 11) is 0. The van der Waals surface area contributed by atoms with E-state index in [-0.39, 0.29) is 0 Å². The van der Waals surface area contributed by atoms with Crippen molar-refractivity contribution in [2.75, 3.05) is 6.54 Å². The lowest BCUT2D eigenvalue weighted by molar-refractivity contribution is 0.222. The molecule has 0 aromatic carbocycles. The number of rotatable bonds is 7. The number of thiazole rings is 1. The van der Waals surface area contributed by atoms with E-state index in [0.29, 0.717) is 6.04 Å². The number of hydrogen-bond donors (Lipinski definition) is 1. The highest BCUT2D eigenvalue weighted by Gasteiger charge is 2.20. The molecule has 0 saturated heterocycles. The van der Waals surface area contributed by atoms with Crippen LogP contribution in [-0.4, -0.2) is 28.5 Å². The highest BCUT2D eigenvalue weighted by atomic mass is 32.1. The fourth-order valence-corrected chi connectivity index (χ4v) is 2.63. The Hall–Kier alpha value is -0.450. The maximum absolute atomic E-state index is 4.69. The van der Waals surface area contributed by atoms with Crippen molar-refractivity contribution in [2.45, 2.75) is 58.8 Å². The maximum Gasteiger partial charge on any atom is 0.107 e. The summed E-state index contributed by atoms with van der Waals surface area (Å²) in [6, 6.07) is 1.36. The van der Waals surface area contributed by atoms with Crippen molar-refractivity contribution in [3.05, 3.63) is 16.1 Å². The molecule has 1 aromatic heterocycles. The smallest absolute Gasteiger partial charge is 0.107 e. The van der Waals surface area contributed by atoms with Gasteiger partial charge in [-0.2, -0.15) is 0 Å². The summed E-state index contributed by atoms with van der Waals surface area (Å²) < 4.78 is 0. The topological polar surface area (TPSA) is 28.2 Å². The van der Waals surface area contributed by atoms with Crippen LogP contribution in [0.25, 0.3) is 0 Å². The summed E-state index contributed by atoms with van der Waals surface area (Å²) in [5, 5.41) is 6.94. The van der Waals surface area contributed by atoms with E-state index >= 15 is 0 Å². The molecular weight excluding hydrogens is 230 g/mol. The van der Waals surface area contributed by atoms with Gasteiger partial charge in [0.15, 0.2) is 0 Å². The van der Waals surface area contributed by atoms with Gasteiger partial charge in [0, 0.05) is 30.6 Å². The molecule has 1 saturated carbocycles. The molecule has 4 heteroatoms. The molecule has 1 heterocycles. The van der Waals surface area contributed by atoms with Gasteiger partial charge in [-0.05, 0) is 33.2 Å². The fourth-order valence-electron chi connectivity index (χ4n) is 1.89. The second-order valence-electron chi connectivity index (χ2n) is 5.04. The summed E-state index contributed by atoms with van der Waals surface area (Å²) in [5.41, 5.74) is 1.22. The van der Waals surface area contributed by atoms with E-state index in [0.717, 1.165) is 25.7 Å². The predicted octanol–water partition coefficient (Wildman–Crippen LogP) is 2.63. The molecule has 2 rings (SSSR count). The molecule has 0 atom stereocenters. The van der Waals surface area contributed by atoms with Crippen LogP contribution < -0.4 is 5.32 Å².